The van der Waals surface area contributed by atoms with Crippen molar-refractivity contribution in [2.75, 3.05) is 6.61 Å². The average Bonchev–Trinajstić information content (AvgIpc) is 2.89. The molecule has 1 aliphatic heterocycles. The van der Waals surface area contributed by atoms with Crippen LogP contribution in [0.5, 0.6) is 0 Å². The van der Waals surface area contributed by atoms with Gasteiger partial charge < -0.3 is 9.72 Å². The Morgan fingerprint density at radius 3 is 3.13 bits per heavy atom. The maximum Gasteiger partial charge on any atom is 0.148 e. The average molecular weight is 201 g/mol. The van der Waals surface area contributed by atoms with Crippen molar-refractivity contribution >= 4 is 10.9 Å². The maximum atomic E-state index is 5.17. The first-order valence-corrected chi connectivity index (χ1v) is 5.18. The van der Waals surface area contributed by atoms with Crippen LogP contribution in [0.3, 0.4) is 0 Å². The van der Waals surface area contributed by atoms with Crippen LogP contribution in [0.15, 0.2) is 30.5 Å². The van der Waals surface area contributed by atoms with Gasteiger partial charge in [0.05, 0.1) is 6.61 Å². The zero-order chi connectivity index (χ0) is 10.1. The molecule has 1 aliphatic rings. The van der Waals surface area contributed by atoms with E-state index in [4.69, 9.17) is 4.74 Å². The Morgan fingerprint density at radius 2 is 2.27 bits per heavy atom. The normalized spacial score (nSPS) is 21.2. The second-order valence-electron chi connectivity index (χ2n) is 3.88. The van der Waals surface area contributed by atoms with Gasteiger partial charge in [0.15, 0.2) is 0 Å². The summed E-state index contributed by atoms with van der Waals surface area (Å²) in [6.45, 7) is 2.44. The van der Waals surface area contributed by atoms with Crippen LogP contribution >= 0.6 is 0 Å². The predicted octanol–water partition coefficient (Wildman–Crippen LogP) is 1.82. The molecule has 1 radical (unpaired) electrons. The minimum Gasteiger partial charge on any atom is -0.361 e. The number of ether oxygens (including phenoxy) is 1. The first kappa shape index (κ1) is 8.95. The van der Waals surface area contributed by atoms with E-state index in [1.807, 2.05) is 6.07 Å². The Bertz CT molecular complexity index is 457. The molecule has 0 bridgehead atoms. The molecule has 0 unspecified atom stereocenters. The van der Waals surface area contributed by atoms with Crippen LogP contribution < -0.4 is 5.32 Å². The van der Waals surface area contributed by atoms with Gasteiger partial charge in [0.25, 0.3) is 0 Å². The van der Waals surface area contributed by atoms with Crippen LogP contribution in [0.2, 0.25) is 0 Å². The molecule has 77 valence electrons. The van der Waals surface area contributed by atoms with Crippen LogP contribution in [0.1, 0.15) is 5.56 Å². The van der Waals surface area contributed by atoms with Gasteiger partial charge in [-0.25, -0.2) is 0 Å². The largest absolute Gasteiger partial charge is 0.361 e. The van der Waals surface area contributed by atoms with Crippen molar-refractivity contribution in [2.45, 2.75) is 12.5 Å². The molecule has 2 heterocycles. The molecule has 2 aromatic rings. The first-order chi connectivity index (χ1) is 7.43. The number of rotatable bonds is 2. The lowest BCUT2D eigenvalue weighted by atomic mass is 10.1. The number of aromatic amines is 1. The summed E-state index contributed by atoms with van der Waals surface area (Å²) >= 11 is 0. The number of aromatic nitrogens is 1. The topological polar surface area (TPSA) is 37.0 Å². The molecule has 3 heteroatoms. The molecule has 3 rings (SSSR count). The lowest BCUT2D eigenvalue weighted by Gasteiger charge is -2.06. The number of para-hydroxylation sites is 1. The van der Waals surface area contributed by atoms with E-state index in [1.165, 1.54) is 16.5 Å². The van der Waals surface area contributed by atoms with Crippen LogP contribution in [0.4, 0.5) is 0 Å². The van der Waals surface area contributed by atoms with Gasteiger partial charge in [-0.3, -0.25) is 5.32 Å². The summed E-state index contributed by atoms with van der Waals surface area (Å²) in [5.41, 5.74) is 2.55. The number of nitrogens with one attached hydrogen (secondary N) is 2. The highest BCUT2D eigenvalue weighted by Crippen LogP contribution is 2.19. The Kier molecular flexibility index (Phi) is 2.19. The van der Waals surface area contributed by atoms with Crippen molar-refractivity contribution in [1.29, 1.82) is 0 Å². The summed E-state index contributed by atoms with van der Waals surface area (Å²) in [7, 11) is 0. The number of hydrogen-bond donors (Lipinski definition) is 2. The van der Waals surface area contributed by atoms with Gasteiger partial charge in [0.2, 0.25) is 0 Å². The third kappa shape index (κ3) is 1.64. The van der Waals surface area contributed by atoms with E-state index in [1.54, 1.807) is 6.73 Å². The Morgan fingerprint density at radius 1 is 1.33 bits per heavy atom. The van der Waals surface area contributed by atoms with E-state index in [0.717, 1.165) is 13.0 Å². The quantitative estimate of drug-likeness (QED) is 0.777. The molecule has 2 N–H and O–H groups in total. The fraction of sp³-hybridized carbons (Fsp3) is 0.250. The van der Waals surface area contributed by atoms with E-state index in [0.29, 0.717) is 6.04 Å². The number of fused-ring (bicyclic) bond motifs is 1. The third-order valence-electron chi connectivity index (χ3n) is 2.83. The SMILES string of the molecule is [CH]1N[C@@H](Cc2c[nH]c3ccccc23)CO1. The van der Waals surface area contributed by atoms with E-state index in [2.05, 4.69) is 34.7 Å². The summed E-state index contributed by atoms with van der Waals surface area (Å²) in [5, 5.41) is 4.51. The Hall–Kier alpha value is -1.32. The minimum absolute atomic E-state index is 0.407. The zero-order valence-corrected chi connectivity index (χ0v) is 8.36. The van der Waals surface area contributed by atoms with E-state index in [9.17, 15) is 0 Å². The standard InChI is InChI=1S/C12H13N2O/c1-2-4-12-11(3-1)9(6-13-12)5-10-7-15-8-14-10/h1-4,6,8,10,13-14H,5,7H2/t10-/m0/s1. The molecule has 1 fully saturated rings. The monoisotopic (exact) mass is 201 g/mol. The molecular formula is C12H13N2O. The van der Waals surface area contributed by atoms with Gasteiger partial charge in [-0.1, -0.05) is 18.2 Å². The lowest BCUT2D eigenvalue weighted by Crippen LogP contribution is -2.24. The second-order valence-corrected chi connectivity index (χ2v) is 3.88. The van der Waals surface area contributed by atoms with Crippen LogP contribution in [-0.2, 0) is 11.2 Å². The molecular weight excluding hydrogens is 188 g/mol. The lowest BCUT2D eigenvalue weighted by molar-refractivity contribution is 0.245. The highest BCUT2D eigenvalue weighted by molar-refractivity contribution is 5.83. The van der Waals surface area contributed by atoms with Gasteiger partial charge in [-0.2, -0.15) is 0 Å². The summed E-state index contributed by atoms with van der Waals surface area (Å²) in [4.78, 5) is 3.28. The van der Waals surface area contributed by atoms with Crippen molar-refractivity contribution in [3.63, 3.8) is 0 Å². The number of hydrogen-bond acceptors (Lipinski definition) is 2. The summed E-state index contributed by atoms with van der Waals surface area (Å²) in [5.74, 6) is 0. The number of benzene rings is 1. The predicted molar refractivity (Wildman–Crippen MR) is 59.2 cm³/mol. The summed E-state index contributed by atoms with van der Waals surface area (Å²) in [6, 6.07) is 8.78. The van der Waals surface area contributed by atoms with E-state index in [-0.39, 0.29) is 0 Å². The smallest absolute Gasteiger partial charge is 0.148 e. The van der Waals surface area contributed by atoms with Crippen molar-refractivity contribution in [2.24, 2.45) is 0 Å². The van der Waals surface area contributed by atoms with Crippen LogP contribution in [-0.4, -0.2) is 17.6 Å². The van der Waals surface area contributed by atoms with Crippen molar-refractivity contribution in [3.05, 3.63) is 42.8 Å². The van der Waals surface area contributed by atoms with E-state index >= 15 is 0 Å². The number of H-pyrrole nitrogens is 1. The molecule has 1 aromatic heterocycles. The van der Waals surface area contributed by atoms with Gasteiger partial charge in [-0.15, -0.1) is 0 Å². The molecule has 1 aromatic carbocycles. The van der Waals surface area contributed by atoms with Crippen LogP contribution in [0, 0.1) is 6.73 Å². The first-order valence-electron chi connectivity index (χ1n) is 5.18. The van der Waals surface area contributed by atoms with Crippen molar-refractivity contribution in [3.8, 4) is 0 Å². The van der Waals surface area contributed by atoms with Crippen LogP contribution in [0.25, 0.3) is 10.9 Å². The molecule has 1 saturated heterocycles. The third-order valence-corrected chi connectivity index (χ3v) is 2.83. The molecule has 0 aliphatic carbocycles. The van der Waals surface area contributed by atoms with Crippen molar-refractivity contribution in [1.82, 2.24) is 10.3 Å². The Balaban J connectivity index is 1.90. The van der Waals surface area contributed by atoms with Gasteiger partial charge >= 0.3 is 0 Å². The molecule has 1 atom stereocenters. The van der Waals surface area contributed by atoms with E-state index < -0.39 is 0 Å². The summed E-state index contributed by atoms with van der Waals surface area (Å²) in [6.07, 6.45) is 3.09. The molecule has 15 heavy (non-hydrogen) atoms. The summed E-state index contributed by atoms with van der Waals surface area (Å²) < 4.78 is 5.17. The Labute approximate surface area is 88.4 Å². The zero-order valence-electron chi connectivity index (χ0n) is 8.36. The minimum atomic E-state index is 0.407. The molecule has 0 spiro atoms. The van der Waals surface area contributed by atoms with Gasteiger partial charge in [-0.05, 0) is 18.1 Å². The van der Waals surface area contributed by atoms with Crippen molar-refractivity contribution < 1.29 is 4.74 Å². The molecule has 0 amide bonds. The van der Waals surface area contributed by atoms with Gasteiger partial charge in [0.1, 0.15) is 6.73 Å². The fourth-order valence-corrected chi connectivity index (χ4v) is 2.04. The highest BCUT2D eigenvalue weighted by Gasteiger charge is 2.16. The molecule has 3 nitrogen and oxygen atoms in total. The van der Waals surface area contributed by atoms with Gasteiger partial charge in [0, 0.05) is 23.1 Å². The maximum absolute atomic E-state index is 5.17. The fourth-order valence-electron chi connectivity index (χ4n) is 2.04. The molecule has 0 saturated carbocycles. The second kappa shape index (κ2) is 3.68. The highest BCUT2D eigenvalue weighted by atomic mass is 16.5.